The Balaban J connectivity index is 1.56. The maximum atomic E-state index is 5.58. The first kappa shape index (κ1) is 28.2. The van der Waals surface area contributed by atoms with Gasteiger partial charge in [0.05, 0.1) is 28.4 Å². The summed E-state index contributed by atoms with van der Waals surface area (Å²) in [5.74, 6) is 4.48. The molecule has 2 saturated carbocycles. The van der Waals surface area contributed by atoms with Gasteiger partial charge >= 0.3 is 0 Å². The van der Waals surface area contributed by atoms with Crippen molar-refractivity contribution in [1.29, 1.82) is 0 Å². The van der Waals surface area contributed by atoms with Crippen molar-refractivity contribution >= 4 is 0 Å². The van der Waals surface area contributed by atoms with E-state index in [-0.39, 0.29) is 10.8 Å². The van der Waals surface area contributed by atoms with E-state index in [0.717, 1.165) is 48.7 Å². The second kappa shape index (κ2) is 11.8. The topological polar surface area (TPSA) is 36.9 Å². The zero-order valence-corrected chi connectivity index (χ0v) is 25.3. The number of benzene rings is 4. The lowest BCUT2D eigenvalue weighted by atomic mass is 9.45. The van der Waals surface area contributed by atoms with E-state index in [1.807, 2.05) is 0 Å². The lowest BCUT2D eigenvalue weighted by Gasteiger charge is -2.58. The van der Waals surface area contributed by atoms with Crippen molar-refractivity contribution in [3.8, 4) is 23.0 Å². The van der Waals surface area contributed by atoms with Gasteiger partial charge in [-0.3, -0.25) is 0 Å². The zero-order chi connectivity index (χ0) is 29.2. The molecule has 2 aliphatic carbocycles. The first-order valence-electron chi connectivity index (χ1n) is 15.2. The van der Waals surface area contributed by atoms with E-state index in [4.69, 9.17) is 18.9 Å². The van der Waals surface area contributed by atoms with Gasteiger partial charge in [-0.2, -0.15) is 0 Å². The van der Waals surface area contributed by atoms with Gasteiger partial charge in [0.15, 0.2) is 0 Å². The highest BCUT2D eigenvalue weighted by atomic mass is 16.5. The van der Waals surface area contributed by atoms with Gasteiger partial charge < -0.3 is 18.9 Å². The molecule has 0 spiro atoms. The van der Waals surface area contributed by atoms with Crippen LogP contribution in [0.5, 0.6) is 23.0 Å². The fourth-order valence-corrected chi connectivity index (χ4v) is 8.48. The predicted octanol–water partition coefficient (Wildman–Crippen LogP) is 8.59. The highest BCUT2D eigenvalue weighted by Gasteiger charge is 2.57. The molecule has 4 heteroatoms. The smallest absolute Gasteiger partial charge is 0.118 e. The number of hydrogen-bond donors (Lipinski definition) is 0. The monoisotopic (exact) mass is 562 g/mol. The molecule has 2 unspecified atom stereocenters. The van der Waals surface area contributed by atoms with Crippen molar-refractivity contribution in [1.82, 2.24) is 0 Å². The Morgan fingerprint density at radius 1 is 0.405 bits per heavy atom. The van der Waals surface area contributed by atoms with Crippen molar-refractivity contribution in [2.45, 2.75) is 49.4 Å². The second-order valence-electron chi connectivity index (χ2n) is 11.9. The summed E-state index contributed by atoms with van der Waals surface area (Å²) in [6.45, 7) is 0. The van der Waals surface area contributed by atoms with E-state index in [2.05, 4.69) is 97.1 Å². The first-order chi connectivity index (χ1) is 20.6. The highest BCUT2D eigenvalue weighted by Crippen LogP contribution is 2.63. The fraction of sp³-hybridized carbons (Fsp3) is 0.368. The standard InChI is InChI=1S/C38H42O4/c1-39-31-17-9-27(10-18-31)37(28-11-19-32(40-2)20-12-28)25-5-8-36-35(37)7-6-26-38(36,29-13-21-33(41-3)22-14-29)30-15-23-34(42-4)24-16-30/h9-24,35-36H,5-8,25-26H2,1-4H3. The first-order valence-corrected chi connectivity index (χ1v) is 15.2. The third-order valence-electron chi connectivity index (χ3n) is 10.3. The van der Waals surface area contributed by atoms with Crippen LogP contribution in [0.1, 0.15) is 60.8 Å². The van der Waals surface area contributed by atoms with Crippen molar-refractivity contribution in [3.63, 3.8) is 0 Å². The second-order valence-corrected chi connectivity index (χ2v) is 11.9. The molecular formula is C38H42O4. The Bertz CT molecular complexity index is 1250. The van der Waals surface area contributed by atoms with Crippen LogP contribution < -0.4 is 18.9 Å². The minimum absolute atomic E-state index is 0.119. The van der Waals surface area contributed by atoms with Crippen LogP contribution in [0.3, 0.4) is 0 Å². The SMILES string of the molecule is COc1ccc(C2(c3ccc(OC)cc3)CCCC3C2CCCC3(c2ccc(OC)cc2)c2ccc(OC)cc2)cc1. The molecule has 2 aliphatic rings. The molecule has 0 N–H and O–H groups in total. The number of methoxy groups -OCH3 is 4. The van der Waals surface area contributed by atoms with E-state index in [1.165, 1.54) is 35.1 Å². The molecule has 4 aromatic rings. The van der Waals surface area contributed by atoms with Crippen molar-refractivity contribution in [2.24, 2.45) is 11.8 Å². The number of fused-ring (bicyclic) bond motifs is 1. The lowest BCUT2D eigenvalue weighted by Crippen LogP contribution is -2.54. The Morgan fingerprint density at radius 2 is 0.643 bits per heavy atom. The van der Waals surface area contributed by atoms with Crippen LogP contribution in [-0.2, 0) is 10.8 Å². The molecule has 0 aromatic heterocycles. The van der Waals surface area contributed by atoms with Gasteiger partial charge in [-0.15, -0.1) is 0 Å². The molecule has 0 bridgehead atoms. The van der Waals surface area contributed by atoms with E-state index >= 15 is 0 Å². The van der Waals surface area contributed by atoms with Crippen LogP contribution in [0.4, 0.5) is 0 Å². The van der Waals surface area contributed by atoms with Crippen LogP contribution in [-0.4, -0.2) is 28.4 Å². The van der Waals surface area contributed by atoms with Crippen molar-refractivity contribution < 1.29 is 18.9 Å². The zero-order valence-electron chi connectivity index (χ0n) is 25.3. The van der Waals surface area contributed by atoms with E-state index in [1.54, 1.807) is 28.4 Å². The van der Waals surface area contributed by atoms with Gasteiger partial charge in [0, 0.05) is 10.8 Å². The Kier molecular flexibility index (Phi) is 7.90. The Labute approximate surface area is 250 Å². The minimum atomic E-state index is -0.119. The summed E-state index contributed by atoms with van der Waals surface area (Å²) in [6.07, 6.45) is 6.94. The van der Waals surface area contributed by atoms with Gasteiger partial charge in [-0.1, -0.05) is 61.4 Å². The van der Waals surface area contributed by atoms with Crippen LogP contribution in [0.15, 0.2) is 97.1 Å². The quantitative estimate of drug-likeness (QED) is 0.215. The molecule has 4 aromatic carbocycles. The summed E-state index contributed by atoms with van der Waals surface area (Å²) < 4.78 is 22.3. The van der Waals surface area contributed by atoms with Gasteiger partial charge in [-0.25, -0.2) is 0 Å². The number of hydrogen-bond acceptors (Lipinski definition) is 4. The fourth-order valence-electron chi connectivity index (χ4n) is 8.48. The average Bonchev–Trinajstić information content (AvgIpc) is 3.08. The van der Waals surface area contributed by atoms with Crippen molar-refractivity contribution in [3.05, 3.63) is 119 Å². The average molecular weight is 563 g/mol. The predicted molar refractivity (Wildman–Crippen MR) is 168 cm³/mol. The van der Waals surface area contributed by atoms with Gasteiger partial charge in [0.2, 0.25) is 0 Å². The lowest BCUT2D eigenvalue weighted by molar-refractivity contribution is 0.0434. The van der Waals surface area contributed by atoms with Crippen LogP contribution in [0.2, 0.25) is 0 Å². The molecular weight excluding hydrogens is 520 g/mol. The summed E-state index contributed by atoms with van der Waals surface area (Å²) >= 11 is 0. The van der Waals surface area contributed by atoms with Gasteiger partial charge in [0.25, 0.3) is 0 Å². The molecule has 218 valence electrons. The van der Waals surface area contributed by atoms with E-state index < -0.39 is 0 Å². The largest absolute Gasteiger partial charge is 0.497 e. The summed E-state index contributed by atoms with van der Waals surface area (Å²) in [5, 5.41) is 0. The van der Waals surface area contributed by atoms with Crippen LogP contribution in [0.25, 0.3) is 0 Å². The Morgan fingerprint density at radius 3 is 0.857 bits per heavy atom. The maximum Gasteiger partial charge on any atom is 0.118 e. The number of ether oxygens (including phenoxy) is 4. The molecule has 0 heterocycles. The molecule has 4 nitrogen and oxygen atoms in total. The molecule has 0 aliphatic heterocycles. The molecule has 0 saturated heterocycles. The third-order valence-corrected chi connectivity index (χ3v) is 10.3. The Hall–Kier alpha value is -3.92. The molecule has 6 rings (SSSR count). The summed E-state index contributed by atoms with van der Waals surface area (Å²) in [4.78, 5) is 0. The van der Waals surface area contributed by atoms with Gasteiger partial charge in [0.1, 0.15) is 23.0 Å². The van der Waals surface area contributed by atoms with Crippen molar-refractivity contribution in [2.75, 3.05) is 28.4 Å². The number of rotatable bonds is 8. The van der Waals surface area contributed by atoms with Crippen LogP contribution >= 0.6 is 0 Å². The normalized spacial score (nSPS) is 20.7. The summed E-state index contributed by atoms with van der Waals surface area (Å²) in [7, 11) is 6.96. The molecule has 2 fully saturated rings. The summed E-state index contributed by atoms with van der Waals surface area (Å²) in [5.41, 5.74) is 5.27. The van der Waals surface area contributed by atoms with Crippen LogP contribution in [0, 0.1) is 11.8 Å². The third kappa shape index (κ3) is 4.62. The summed E-state index contributed by atoms with van der Waals surface area (Å²) in [6, 6.07) is 35.5. The molecule has 2 atom stereocenters. The molecule has 0 amide bonds. The van der Waals surface area contributed by atoms with Gasteiger partial charge in [-0.05, 0) is 108 Å². The molecule has 42 heavy (non-hydrogen) atoms. The molecule has 0 radical (unpaired) electrons. The maximum absolute atomic E-state index is 5.58. The highest BCUT2D eigenvalue weighted by molar-refractivity contribution is 5.50. The minimum Gasteiger partial charge on any atom is -0.497 e. The van der Waals surface area contributed by atoms with E-state index in [0.29, 0.717) is 11.8 Å². The van der Waals surface area contributed by atoms with E-state index in [9.17, 15) is 0 Å².